The molecule has 82 valence electrons. The van der Waals surface area contributed by atoms with E-state index < -0.39 is 5.82 Å². The standard InChI is InChI=1S/C9H8FN5S/c1-5-2-13-9(14-3-5)16-7-6(10)4-12-8(11)15-7/h2-4H,1H3,(H2,11,12,15). The van der Waals surface area contributed by atoms with Gasteiger partial charge in [-0.15, -0.1) is 0 Å². The molecule has 0 unspecified atom stereocenters. The van der Waals surface area contributed by atoms with Gasteiger partial charge in [0.25, 0.3) is 0 Å². The van der Waals surface area contributed by atoms with Crippen molar-refractivity contribution in [2.45, 2.75) is 17.1 Å². The molecule has 0 aliphatic rings. The number of rotatable bonds is 2. The third-order valence-electron chi connectivity index (χ3n) is 1.68. The Labute approximate surface area is 95.4 Å². The lowest BCUT2D eigenvalue weighted by Crippen LogP contribution is -1.98. The summed E-state index contributed by atoms with van der Waals surface area (Å²) in [5.74, 6) is -0.514. The predicted molar refractivity (Wildman–Crippen MR) is 57.3 cm³/mol. The molecule has 0 aliphatic carbocycles. The fourth-order valence-corrected chi connectivity index (χ4v) is 1.63. The first-order chi connectivity index (χ1) is 7.65. The number of aromatic nitrogens is 4. The second-order valence-corrected chi connectivity index (χ2v) is 3.98. The van der Waals surface area contributed by atoms with E-state index in [0.717, 1.165) is 23.5 Å². The molecule has 0 spiro atoms. The predicted octanol–water partition coefficient (Wildman–Crippen LogP) is 1.45. The van der Waals surface area contributed by atoms with Crippen LogP contribution in [-0.2, 0) is 0 Å². The van der Waals surface area contributed by atoms with Crippen LogP contribution in [0, 0.1) is 12.7 Å². The summed E-state index contributed by atoms with van der Waals surface area (Å²) >= 11 is 1.01. The highest BCUT2D eigenvalue weighted by Gasteiger charge is 2.09. The Bertz CT molecular complexity index is 502. The molecule has 2 aromatic heterocycles. The van der Waals surface area contributed by atoms with E-state index in [0.29, 0.717) is 5.16 Å². The van der Waals surface area contributed by atoms with Gasteiger partial charge in [-0.25, -0.2) is 24.3 Å². The van der Waals surface area contributed by atoms with Gasteiger partial charge in [-0.05, 0) is 24.2 Å². The zero-order valence-electron chi connectivity index (χ0n) is 8.38. The van der Waals surface area contributed by atoms with E-state index in [9.17, 15) is 4.39 Å². The molecular weight excluding hydrogens is 229 g/mol. The maximum atomic E-state index is 13.3. The van der Waals surface area contributed by atoms with Crippen LogP contribution in [0.4, 0.5) is 10.3 Å². The molecule has 2 aromatic rings. The molecule has 0 fully saturated rings. The molecule has 2 N–H and O–H groups in total. The normalized spacial score (nSPS) is 10.4. The summed E-state index contributed by atoms with van der Waals surface area (Å²) < 4.78 is 13.3. The minimum Gasteiger partial charge on any atom is -0.368 e. The van der Waals surface area contributed by atoms with Crippen LogP contribution in [0.2, 0.25) is 0 Å². The Morgan fingerprint density at radius 1 is 1.19 bits per heavy atom. The second kappa shape index (κ2) is 4.40. The number of nitrogens with zero attached hydrogens (tertiary/aromatic N) is 4. The number of hydrogen-bond donors (Lipinski definition) is 1. The van der Waals surface area contributed by atoms with E-state index in [4.69, 9.17) is 5.73 Å². The van der Waals surface area contributed by atoms with Gasteiger partial charge in [-0.2, -0.15) is 0 Å². The van der Waals surface area contributed by atoms with Crippen molar-refractivity contribution in [1.82, 2.24) is 19.9 Å². The van der Waals surface area contributed by atoms with Crippen LogP contribution in [0.5, 0.6) is 0 Å². The summed E-state index contributed by atoms with van der Waals surface area (Å²) in [6, 6.07) is 0. The van der Waals surface area contributed by atoms with Crippen LogP contribution in [0.1, 0.15) is 5.56 Å². The van der Waals surface area contributed by atoms with Crippen molar-refractivity contribution in [2.24, 2.45) is 0 Å². The van der Waals surface area contributed by atoms with Gasteiger partial charge in [0, 0.05) is 12.4 Å². The Kier molecular flexibility index (Phi) is 2.95. The topological polar surface area (TPSA) is 77.6 Å². The van der Waals surface area contributed by atoms with E-state index in [2.05, 4.69) is 19.9 Å². The molecule has 0 aromatic carbocycles. The van der Waals surface area contributed by atoms with Crippen molar-refractivity contribution >= 4 is 17.7 Å². The summed E-state index contributed by atoms with van der Waals surface area (Å²) in [6.45, 7) is 1.87. The van der Waals surface area contributed by atoms with Gasteiger partial charge in [0.05, 0.1) is 6.20 Å². The van der Waals surface area contributed by atoms with E-state index in [-0.39, 0.29) is 11.0 Å². The highest BCUT2D eigenvalue weighted by Crippen LogP contribution is 2.24. The van der Waals surface area contributed by atoms with Crippen molar-refractivity contribution in [1.29, 1.82) is 0 Å². The quantitative estimate of drug-likeness (QED) is 0.629. The summed E-state index contributed by atoms with van der Waals surface area (Å²) in [5.41, 5.74) is 6.30. The zero-order chi connectivity index (χ0) is 11.5. The third-order valence-corrected chi connectivity index (χ3v) is 2.55. The largest absolute Gasteiger partial charge is 0.368 e. The van der Waals surface area contributed by atoms with Gasteiger partial charge >= 0.3 is 0 Å². The van der Waals surface area contributed by atoms with E-state index >= 15 is 0 Å². The van der Waals surface area contributed by atoms with Gasteiger partial charge in [0.1, 0.15) is 5.03 Å². The molecule has 0 amide bonds. The fourth-order valence-electron chi connectivity index (χ4n) is 0.956. The van der Waals surface area contributed by atoms with Crippen LogP contribution in [0.15, 0.2) is 28.8 Å². The summed E-state index contributed by atoms with van der Waals surface area (Å²) in [6.07, 6.45) is 4.33. The number of halogens is 1. The molecule has 2 rings (SSSR count). The Morgan fingerprint density at radius 2 is 1.88 bits per heavy atom. The van der Waals surface area contributed by atoms with Crippen molar-refractivity contribution in [3.8, 4) is 0 Å². The molecule has 0 atom stereocenters. The zero-order valence-corrected chi connectivity index (χ0v) is 9.20. The molecule has 0 saturated heterocycles. The van der Waals surface area contributed by atoms with Crippen LogP contribution in [0.25, 0.3) is 0 Å². The van der Waals surface area contributed by atoms with Crippen LogP contribution < -0.4 is 5.73 Å². The van der Waals surface area contributed by atoms with Gasteiger partial charge < -0.3 is 5.73 Å². The van der Waals surface area contributed by atoms with Crippen molar-refractivity contribution < 1.29 is 4.39 Å². The van der Waals surface area contributed by atoms with Crippen molar-refractivity contribution in [3.63, 3.8) is 0 Å². The first kappa shape index (κ1) is 10.7. The fraction of sp³-hybridized carbons (Fsp3) is 0.111. The highest BCUT2D eigenvalue weighted by molar-refractivity contribution is 7.99. The molecule has 0 saturated carbocycles. The average molecular weight is 237 g/mol. The van der Waals surface area contributed by atoms with E-state index in [1.165, 1.54) is 0 Å². The highest BCUT2D eigenvalue weighted by atomic mass is 32.2. The van der Waals surface area contributed by atoms with Gasteiger partial charge in [-0.1, -0.05) is 0 Å². The van der Waals surface area contributed by atoms with Crippen LogP contribution in [-0.4, -0.2) is 19.9 Å². The minimum atomic E-state index is -0.539. The molecule has 0 radical (unpaired) electrons. The summed E-state index contributed by atoms with van der Waals surface area (Å²) in [4.78, 5) is 15.4. The third kappa shape index (κ3) is 2.43. The first-order valence-electron chi connectivity index (χ1n) is 4.39. The molecule has 16 heavy (non-hydrogen) atoms. The summed E-state index contributed by atoms with van der Waals surface area (Å²) in [7, 11) is 0. The lowest BCUT2D eigenvalue weighted by Gasteiger charge is -2.01. The maximum Gasteiger partial charge on any atom is 0.221 e. The lowest BCUT2D eigenvalue weighted by molar-refractivity contribution is 0.580. The van der Waals surface area contributed by atoms with E-state index in [1.807, 2.05) is 6.92 Å². The molecule has 2 heterocycles. The molecule has 7 heteroatoms. The van der Waals surface area contributed by atoms with Gasteiger partial charge in [0.2, 0.25) is 5.95 Å². The van der Waals surface area contributed by atoms with Crippen molar-refractivity contribution in [2.75, 3.05) is 5.73 Å². The first-order valence-corrected chi connectivity index (χ1v) is 5.21. The minimum absolute atomic E-state index is 0.0241. The van der Waals surface area contributed by atoms with Gasteiger partial charge in [-0.3, -0.25) is 0 Å². The molecule has 0 bridgehead atoms. The van der Waals surface area contributed by atoms with Gasteiger partial charge in [0.15, 0.2) is 11.0 Å². The molecule has 0 aliphatic heterocycles. The average Bonchev–Trinajstić information content (AvgIpc) is 2.27. The molecular formula is C9H8FN5S. The summed E-state index contributed by atoms with van der Waals surface area (Å²) in [5, 5.41) is 0.541. The Morgan fingerprint density at radius 3 is 2.56 bits per heavy atom. The maximum absolute atomic E-state index is 13.3. The number of hydrogen-bond acceptors (Lipinski definition) is 6. The molecule has 5 nitrogen and oxygen atoms in total. The number of anilines is 1. The second-order valence-electron chi connectivity index (χ2n) is 3.03. The van der Waals surface area contributed by atoms with Crippen molar-refractivity contribution in [3.05, 3.63) is 30.0 Å². The Balaban J connectivity index is 2.26. The SMILES string of the molecule is Cc1cnc(Sc2nc(N)ncc2F)nc1. The number of nitrogens with two attached hydrogens (primary N) is 1. The smallest absolute Gasteiger partial charge is 0.221 e. The van der Waals surface area contributed by atoms with Crippen LogP contribution >= 0.6 is 11.8 Å². The van der Waals surface area contributed by atoms with Crippen LogP contribution in [0.3, 0.4) is 0 Å². The monoisotopic (exact) mass is 237 g/mol. The number of aryl methyl sites for hydroxylation is 1. The number of nitrogen functional groups attached to an aromatic ring is 1. The van der Waals surface area contributed by atoms with E-state index in [1.54, 1.807) is 12.4 Å². The Hall–Kier alpha value is -1.76. The lowest BCUT2D eigenvalue weighted by atomic mass is 10.4.